The third-order valence-electron chi connectivity index (χ3n) is 5.02. The number of halogens is 3. The van der Waals surface area contributed by atoms with E-state index in [1.54, 1.807) is 13.8 Å². The van der Waals surface area contributed by atoms with Crippen LogP contribution in [0.4, 0.5) is 19.0 Å². The summed E-state index contributed by atoms with van der Waals surface area (Å²) in [6, 6.07) is 4.93. The van der Waals surface area contributed by atoms with Crippen molar-refractivity contribution in [2.45, 2.75) is 58.3 Å². The first kappa shape index (κ1) is 26.7. The number of alkyl halides is 3. The Bertz CT molecular complexity index is 1040. The average Bonchev–Trinajstić information content (AvgIpc) is 3.12. The third kappa shape index (κ3) is 6.75. The molecule has 1 atom stereocenters. The number of nitrogens with zero attached hydrogens (tertiary/aromatic N) is 2. The highest BCUT2D eigenvalue weighted by molar-refractivity contribution is 6.04. The lowest BCUT2D eigenvalue weighted by molar-refractivity contribution is -0.191. The second-order valence-corrected chi connectivity index (χ2v) is 7.82. The molecule has 2 N–H and O–H groups in total. The highest BCUT2D eigenvalue weighted by Gasteiger charge is 2.39. The van der Waals surface area contributed by atoms with Crippen LogP contribution in [0.3, 0.4) is 0 Å². The predicted molar refractivity (Wildman–Crippen MR) is 113 cm³/mol. The first-order valence-corrected chi connectivity index (χ1v) is 10.5. The molecule has 34 heavy (non-hydrogen) atoms. The van der Waals surface area contributed by atoms with Gasteiger partial charge < -0.3 is 19.9 Å². The van der Waals surface area contributed by atoms with Crippen LogP contribution < -0.4 is 15.4 Å². The summed E-state index contributed by atoms with van der Waals surface area (Å²) in [5.41, 5.74) is 0.278. The molecule has 2 aromatic rings. The van der Waals surface area contributed by atoms with Gasteiger partial charge in [0.1, 0.15) is 17.6 Å². The van der Waals surface area contributed by atoms with Crippen molar-refractivity contribution in [1.29, 1.82) is 0 Å². The Labute approximate surface area is 193 Å². The van der Waals surface area contributed by atoms with Crippen LogP contribution in [0.25, 0.3) is 0 Å². The molecule has 0 aliphatic carbocycles. The molecule has 2 heterocycles. The van der Waals surface area contributed by atoms with Crippen molar-refractivity contribution in [2.75, 3.05) is 11.9 Å². The standard InChI is InChI=1S/C21H25F3N4O3.CO2/c1-12(2)28-17(13(3)26-20(28)21(22,23)24)27-18(29)14-7-9-15(10-8-14)31-19(30)16-6-4-5-11-25-16;2-1-3/h7-10,12,16,25H,4-6,11H2,1-3H3,(H,27,29);. The molecule has 0 radical (unpaired) electrons. The monoisotopic (exact) mass is 482 g/mol. The maximum Gasteiger partial charge on any atom is 0.449 e. The van der Waals surface area contributed by atoms with Crippen LogP contribution in [0.2, 0.25) is 0 Å². The Morgan fingerprint density at radius 1 is 1.21 bits per heavy atom. The fraction of sp³-hybridized carbons (Fsp3) is 0.455. The third-order valence-corrected chi connectivity index (χ3v) is 5.02. The topological polar surface area (TPSA) is 119 Å². The van der Waals surface area contributed by atoms with Gasteiger partial charge in [0.25, 0.3) is 5.91 Å². The molecule has 3 rings (SSSR count). The number of amides is 1. The lowest BCUT2D eigenvalue weighted by atomic mass is 10.1. The Balaban J connectivity index is 0.00000129. The summed E-state index contributed by atoms with van der Waals surface area (Å²) in [7, 11) is 0. The molecule has 1 aromatic heterocycles. The van der Waals surface area contributed by atoms with Crippen molar-refractivity contribution in [3.05, 3.63) is 41.3 Å². The Morgan fingerprint density at radius 3 is 2.32 bits per heavy atom. The lowest BCUT2D eigenvalue weighted by Gasteiger charge is -2.21. The molecule has 9 nitrogen and oxygen atoms in total. The smallest absolute Gasteiger partial charge is 0.425 e. The number of imidazole rings is 1. The van der Waals surface area contributed by atoms with Crippen molar-refractivity contribution in [3.8, 4) is 5.75 Å². The van der Waals surface area contributed by atoms with Gasteiger partial charge in [-0.05, 0) is 64.4 Å². The maximum atomic E-state index is 13.3. The second-order valence-electron chi connectivity index (χ2n) is 7.82. The summed E-state index contributed by atoms with van der Waals surface area (Å²) in [5.74, 6) is -1.75. The van der Waals surface area contributed by atoms with Crippen LogP contribution >= 0.6 is 0 Å². The van der Waals surface area contributed by atoms with Gasteiger partial charge in [0.2, 0.25) is 5.82 Å². The molecule has 1 aromatic carbocycles. The number of ether oxygens (including phenoxy) is 1. The first-order chi connectivity index (χ1) is 16.0. The van der Waals surface area contributed by atoms with Gasteiger partial charge in [-0.1, -0.05) is 6.42 Å². The Kier molecular flexibility index (Phi) is 9.11. The van der Waals surface area contributed by atoms with E-state index >= 15 is 0 Å². The summed E-state index contributed by atoms with van der Waals surface area (Å²) in [5, 5.41) is 5.63. The number of rotatable bonds is 5. The second kappa shape index (κ2) is 11.6. The number of carbonyl (C=O) groups excluding carboxylic acids is 4. The van der Waals surface area contributed by atoms with E-state index in [1.807, 2.05) is 0 Å². The summed E-state index contributed by atoms with van der Waals surface area (Å²) in [6.07, 6.45) is -1.71. The minimum atomic E-state index is -4.64. The Hall–Kier alpha value is -3.50. The quantitative estimate of drug-likeness (QED) is 0.494. The van der Waals surface area contributed by atoms with E-state index < -0.39 is 23.9 Å². The van der Waals surface area contributed by atoms with Gasteiger partial charge in [0, 0.05) is 11.6 Å². The van der Waals surface area contributed by atoms with Crippen molar-refractivity contribution in [3.63, 3.8) is 0 Å². The van der Waals surface area contributed by atoms with Crippen molar-refractivity contribution >= 4 is 23.8 Å². The predicted octanol–water partition coefficient (Wildman–Crippen LogP) is 3.51. The van der Waals surface area contributed by atoms with E-state index in [-0.39, 0.29) is 41.0 Å². The van der Waals surface area contributed by atoms with Gasteiger partial charge in [0.15, 0.2) is 0 Å². The van der Waals surface area contributed by atoms with Gasteiger partial charge in [0.05, 0.1) is 5.69 Å². The van der Waals surface area contributed by atoms with E-state index in [2.05, 4.69) is 15.6 Å². The number of carbonyl (C=O) groups is 2. The van der Waals surface area contributed by atoms with Gasteiger partial charge >= 0.3 is 18.3 Å². The van der Waals surface area contributed by atoms with Crippen molar-refractivity contribution < 1.29 is 37.1 Å². The first-order valence-electron chi connectivity index (χ1n) is 10.5. The van der Waals surface area contributed by atoms with Crippen LogP contribution in [-0.4, -0.2) is 40.2 Å². The molecule has 1 fully saturated rings. The molecule has 184 valence electrons. The van der Waals surface area contributed by atoms with Crippen molar-refractivity contribution in [1.82, 2.24) is 14.9 Å². The maximum absolute atomic E-state index is 13.3. The molecular formula is C22H25F3N4O5. The lowest BCUT2D eigenvalue weighted by Crippen LogP contribution is -2.42. The number of anilines is 1. The van der Waals surface area contributed by atoms with Crippen LogP contribution in [0.1, 0.15) is 61.0 Å². The molecule has 1 amide bonds. The van der Waals surface area contributed by atoms with E-state index in [1.165, 1.54) is 31.2 Å². The van der Waals surface area contributed by atoms with Gasteiger partial charge in [-0.3, -0.25) is 4.79 Å². The van der Waals surface area contributed by atoms with Crippen LogP contribution in [0.5, 0.6) is 5.75 Å². The Morgan fingerprint density at radius 2 is 1.82 bits per heavy atom. The van der Waals surface area contributed by atoms with Crippen LogP contribution in [0.15, 0.2) is 24.3 Å². The fourth-order valence-corrected chi connectivity index (χ4v) is 3.49. The number of hydrogen-bond donors (Lipinski definition) is 2. The fourth-order valence-electron chi connectivity index (χ4n) is 3.49. The van der Waals surface area contributed by atoms with Crippen LogP contribution in [-0.2, 0) is 20.6 Å². The van der Waals surface area contributed by atoms with Crippen molar-refractivity contribution in [2.24, 2.45) is 0 Å². The van der Waals surface area contributed by atoms with Gasteiger partial charge in [-0.2, -0.15) is 22.8 Å². The highest BCUT2D eigenvalue weighted by atomic mass is 19.4. The van der Waals surface area contributed by atoms with E-state index in [9.17, 15) is 22.8 Å². The summed E-state index contributed by atoms with van der Waals surface area (Å²) < 4.78 is 46.2. The summed E-state index contributed by atoms with van der Waals surface area (Å²) in [6.45, 7) is 5.33. The number of hydrogen-bond acceptors (Lipinski definition) is 7. The molecule has 0 saturated carbocycles. The number of nitrogens with one attached hydrogen (secondary N) is 2. The van der Waals surface area contributed by atoms with Gasteiger partial charge in [-0.25, -0.2) is 9.78 Å². The summed E-state index contributed by atoms with van der Waals surface area (Å²) >= 11 is 0. The zero-order chi connectivity index (χ0) is 25.5. The highest BCUT2D eigenvalue weighted by Crippen LogP contribution is 2.34. The number of piperidine rings is 1. The normalized spacial score (nSPS) is 15.7. The van der Waals surface area contributed by atoms with E-state index in [0.717, 1.165) is 24.0 Å². The molecule has 0 spiro atoms. The average molecular weight is 482 g/mol. The summed E-state index contributed by atoms with van der Waals surface area (Å²) in [4.78, 5) is 44.7. The molecular weight excluding hydrogens is 457 g/mol. The van der Waals surface area contributed by atoms with Gasteiger partial charge in [-0.15, -0.1) is 0 Å². The van der Waals surface area contributed by atoms with Crippen LogP contribution in [0, 0.1) is 6.92 Å². The SMILES string of the molecule is Cc1nc(C(F)(F)F)n(C(C)C)c1NC(=O)c1ccc(OC(=O)C2CCCCN2)cc1.O=C=O. The number of aromatic nitrogens is 2. The zero-order valence-corrected chi connectivity index (χ0v) is 18.9. The number of benzene rings is 1. The minimum Gasteiger partial charge on any atom is -0.425 e. The number of aryl methyl sites for hydroxylation is 1. The molecule has 0 bridgehead atoms. The molecule has 12 heteroatoms. The molecule has 1 aliphatic heterocycles. The zero-order valence-electron chi connectivity index (χ0n) is 18.9. The minimum absolute atomic E-state index is 0.00815. The van der Waals surface area contributed by atoms with E-state index in [0.29, 0.717) is 6.42 Å². The molecule has 1 aliphatic rings. The molecule has 1 unspecified atom stereocenters. The molecule has 1 saturated heterocycles. The number of esters is 1. The van der Waals surface area contributed by atoms with E-state index in [4.69, 9.17) is 14.3 Å². The largest absolute Gasteiger partial charge is 0.449 e.